The lowest BCUT2D eigenvalue weighted by atomic mass is 9.98. The van der Waals surface area contributed by atoms with E-state index in [4.69, 9.17) is 18.9 Å². The van der Waals surface area contributed by atoms with Crippen LogP contribution < -0.4 is 0 Å². The fraction of sp³-hybridized carbons (Fsp3) is 0.222. The molecule has 0 bridgehead atoms. The second-order valence-electron chi connectivity index (χ2n) is 9.48. The first-order chi connectivity index (χ1) is 21.1. The Bertz CT molecular complexity index is 1580. The molecule has 3 aromatic rings. The number of aliphatic hydroxyl groups excluding tert-OH is 2. The number of hydrogen-bond acceptors (Lipinski definition) is 18. The van der Waals surface area contributed by atoms with Crippen LogP contribution in [0.15, 0.2) is 36.4 Å². The van der Waals surface area contributed by atoms with Gasteiger partial charge in [0.15, 0.2) is 70.2 Å². The molecule has 0 amide bonds. The van der Waals surface area contributed by atoms with Crippen LogP contribution in [0.3, 0.4) is 0 Å². The lowest BCUT2D eigenvalue weighted by Crippen LogP contribution is -2.61. The first-order valence-corrected chi connectivity index (χ1v) is 12.4. The lowest BCUT2D eigenvalue weighted by Gasteiger charge is -2.41. The van der Waals surface area contributed by atoms with E-state index in [9.17, 15) is 70.6 Å². The van der Waals surface area contributed by atoms with Gasteiger partial charge in [-0.15, -0.1) is 0 Å². The lowest BCUT2D eigenvalue weighted by molar-refractivity contribution is -0.284. The summed E-state index contributed by atoms with van der Waals surface area (Å²) in [6.07, 6.45) is -10.1. The van der Waals surface area contributed by atoms with Gasteiger partial charge >= 0.3 is 17.9 Å². The van der Waals surface area contributed by atoms with Gasteiger partial charge in [-0.25, -0.2) is 14.4 Å². The Hall–Kier alpha value is -5.85. The summed E-state index contributed by atoms with van der Waals surface area (Å²) in [6, 6.07) is 4.20. The number of carbonyl (C=O) groups excluding carboxylic acids is 3. The number of esters is 3. The molecule has 0 spiro atoms. The zero-order valence-corrected chi connectivity index (χ0v) is 22.3. The molecule has 1 fully saturated rings. The van der Waals surface area contributed by atoms with Gasteiger partial charge in [-0.2, -0.15) is 0 Å². The maximum Gasteiger partial charge on any atom is 0.338 e. The minimum absolute atomic E-state index is 0.476. The predicted molar refractivity (Wildman–Crippen MR) is 140 cm³/mol. The minimum Gasteiger partial charge on any atom is -0.504 e. The number of phenols is 9. The third kappa shape index (κ3) is 6.56. The van der Waals surface area contributed by atoms with Gasteiger partial charge in [0.05, 0.1) is 16.7 Å². The predicted octanol–water partition coefficient (Wildman–Crippen LogP) is -0.277. The van der Waals surface area contributed by atoms with Crippen LogP contribution >= 0.6 is 0 Å². The number of aliphatic hydroxyl groups is 2. The van der Waals surface area contributed by atoms with Crippen LogP contribution in [0.2, 0.25) is 0 Å². The average molecular weight is 636 g/mol. The molecule has 1 heterocycles. The number of rotatable bonds is 7. The van der Waals surface area contributed by atoms with Gasteiger partial charge in [0.2, 0.25) is 0 Å². The Morgan fingerprint density at radius 3 is 1.27 bits per heavy atom. The van der Waals surface area contributed by atoms with E-state index in [1.807, 2.05) is 0 Å². The van der Waals surface area contributed by atoms with Crippen molar-refractivity contribution in [1.29, 1.82) is 0 Å². The summed E-state index contributed by atoms with van der Waals surface area (Å²) in [5.74, 6) is -12.3. The molecule has 5 atom stereocenters. The third-order valence-electron chi connectivity index (χ3n) is 6.42. The highest BCUT2D eigenvalue weighted by Gasteiger charge is 2.50. The topological polar surface area (TPSA) is 311 Å². The van der Waals surface area contributed by atoms with Gasteiger partial charge in [-0.05, 0) is 36.4 Å². The molecule has 0 aliphatic carbocycles. The van der Waals surface area contributed by atoms with Gasteiger partial charge in [0.1, 0.15) is 18.8 Å². The van der Waals surface area contributed by atoms with Crippen molar-refractivity contribution >= 4 is 17.9 Å². The summed E-state index contributed by atoms with van der Waals surface area (Å²) in [6.45, 7) is -0.917. The van der Waals surface area contributed by atoms with E-state index in [0.29, 0.717) is 24.3 Å². The summed E-state index contributed by atoms with van der Waals surface area (Å²) >= 11 is 0. The van der Waals surface area contributed by atoms with Gasteiger partial charge in [0.25, 0.3) is 0 Å². The van der Waals surface area contributed by atoms with Gasteiger partial charge < -0.3 is 75.1 Å². The number of hydrogen-bond donors (Lipinski definition) is 11. The highest BCUT2D eigenvalue weighted by molar-refractivity contribution is 5.92. The van der Waals surface area contributed by atoms with Crippen molar-refractivity contribution in [2.45, 2.75) is 30.7 Å². The van der Waals surface area contributed by atoms with E-state index in [1.54, 1.807) is 0 Å². The molecular formula is C27H24O18. The number of phenolic OH excluding ortho intramolecular Hbond substituents is 9. The monoisotopic (exact) mass is 636 g/mol. The second-order valence-corrected chi connectivity index (χ2v) is 9.48. The van der Waals surface area contributed by atoms with Crippen molar-refractivity contribution in [3.63, 3.8) is 0 Å². The largest absolute Gasteiger partial charge is 0.504 e. The first kappa shape index (κ1) is 32.1. The molecular weight excluding hydrogens is 612 g/mol. The van der Waals surface area contributed by atoms with Gasteiger partial charge in [0, 0.05) is 0 Å². The molecule has 11 N–H and O–H groups in total. The van der Waals surface area contributed by atoms with Crippen molar-refractivity contribution in [2.75, 3.05) is 6.61 Å². The quantitative estimate of drug-likeness (QED) is 0.0902. The Morgan fingerprint density at radius 1 is 0.556 bits per heavy atom. The Balaban J connectivity index is 1.60. The van der Waals surface area contributed by atoms with Crippen LogP contribution in [0.1, 0.15) is 31.1 Å². The van der Waals surface area contributed by atoms with Crippen LogP contribution in [-0.4, -0.2) is 111 Å². The van der Waals surface area contributed by atoms with Crippen molar-refractivity contribution in [3.8, 4) is 51.7 Å². The van der Waals surface area contributed by atoms with Crippen LogP contribution in [0, 0.1) is 0 Å². The van der Waals surface area contributed by atoms with Gasteiger partial charge in [-0.1, -0.05) is 0 Å². The molecule has 240 valence electrons. The van der Waals surface area contributed by atoms with E-state index >= 15 is 0 Å². The van der Waals surface area contributed by atoms with E-state index in [2.05, 4.69) is 0 Å². The normalized spacial score (nSPS) is 21.1. The molecule has 0 saturated carbocycles. The summed E-state index contributed by atoms with van der Waals surface area (Å²) in [5, 5.41) is 108. The van der Waals surface area contributed by atoms with Crippen LogP contribution in [-0.2, 0) is 18.9 Å². The fourth-order valence-corrected chi connectivity index (χ4v) is 4.11. The molecule has 45 heavy (non-hydrogen) atoms. The molecule has 1 unspecified atom stereocenters. The smallest absolute Gasteiger partial charge is 0.338 e. The Kier molecular flexibility index (Phi) is 8.84. The summed E-state index contributed by atoms with van der Waals surface area (Å²) in [5.41, 5.74) is -1.62. The van der Waals surface area contributed by atoms with Crippen molar-refractivity contribution in [3.05, 3.63) is 53.1 Å². The highest BCUT2D eigenvalue weighted by Crippen LogP contribution is 2.38. The molecule has 18 nitrogen and oxygen atoms in total. The molecule has 0 radical (unpaired) electrons. The number of benzene rings is 3. The summed E-state index contributed by atoms with van der Waals surface area (Å²) in [4.78, 5) is 38.1. The molecule has 1 saturated heterocycles. The van der Waals surface area contributed by atoms with Crippen molar-refractivity contribution in [2.24, 2.45) is 0 Å². The highest BCUT2D eigenvalue weighted by atomic mass is 16.7. The second kappa shape index (κ2) is 12.4. The average Bonchev–Trinajstić information content (AvgIpc) is 2.98. The van der Waals surface area contributed by atoms with Gasteiger partial charge in [-0.3, -0.25) is 0 Å². The molecule has 18 heteroatoms. The maximum atomic E-state index is 12.9. The third-order valence-corrected chi connectivity index (χ3v) is 6.42. The van der Waals surface area contributed by atoms with Crippen LogP contribution in [0.4, 0.5) is 0 Å². The number of ether oxygens (including phenoxy) is 4. The Morgan fingerprint density at radius 2 is 0.889 bits per heavy atom. The van der Waals surface area contributed by atoms with Crippen molar-refractivity contribution < 1.29 is 89.5 Å². The summed E-state index contributed by atoms with van der Waals surface area (Å²) in [7, 11) is 0. The molecule has 3 aromatic carbocycles. The number of carbonyl (C=O) groups is 3. The minimum atomic E-state index is -2.20. The molecule has 1 aliphatic rings. The van der Waals surface area contributed by atoms with Crippen molar-refractivity contribution in [1.82, 2.24) is 0 Å². The first-order valence-electron chi connectivity index (χ1n) is 12.4. The van der Waals surface area contributed by atoms with Crippen LogP contribution in [0.25, 0.3) is 0 Å². The molecule has 4 rings (SSSR count). The zero-order valence-electron chi connectivity index (χ0n) is 22.3. The van der Waals surface area contributed by atoms with E-state index in [1.165, 1.54) is 0 Å². The summed E-state index contributed by atoms with van der Waals surface area (Å²) < 4.78 is 20.6. The standard InChI is InChI=1S/C27H24O18/c28-11-1-8(2-12(29)18(11)34)24(38)42-7-17-22(44-25(39)9-3-13(30)19(35)14(31)4-9)21(37)23(27(41)43-17)45-26(40)10-5-15(32)20(36)16(33)6-10/h1-6,17,21-23,27-37,41H,7H2/t17-,21+,22-,23-,27?/m1/s1. The van der Waals surface area contributed by atoms with E-state index in [-0.39, 0.29) is 0 Å². The zero-order chi connectivity index (χ0) is 33.3. The van der Waals surface area contributed by atoms with Crippen LogP contribution in [0.5, 0.6) is 51.7 Å². The number of aromatic hydroxyl groups is 9. The Labute approximate surface area is 249 Å². The molecule has 0 aromatic heterocycles. The van der Waals surface area contributed by atoms with E-state index < -0.39 is 124 Å². The van der Waals surface area contributed by atoms with E-state index in [0.717, 1.165) is 12.1 Å². The molecule has 1 aliphatic heterocycles. The SMILES string of the molecule is O=C(OC[C@H]1OC(O)[C@H](OC(=O)c2cc(O)c(O)c(O)c2)[C@@H](O)[C@@H]1OC(=O)c1cc(O)c(O)c(O)c1)c1cc(O)c(O)c(O)c1. The maximum absolute atomic E-state index is 12.9. The fourth-order valence-electron chi connectivity index (χ4n) is 4.11.